The minimum Gasteiger partial charge on any atom is -0.419 e. The molecule has 1 atom stereocenters. The van der Waals surface area contributed by atoms with Crippen LogP contribution in [0, 0.1) is 0 Å². The lowest BCUT2D eigenvalue weighted by molar-refractivity contribution is -0.137. The summed E-state index contributed by atoms with van der Waals surface area (Å²) in [6.45, 7) is 2.37. The Bertz CT molecular complexity index is 844. The monoisotopic (exact) mass is 361 g/mol. The second-order valence-electron chi connectivity index (χ2n) is 6.10. The van der Waals surface area contributed by atoms with Gasteiger partial charge in [-0.2, -0.15) is 13.2 Å². The zero-order chi connectivity index (χ0) is 18.7. The van der Waals surface area contributed by atoms with Crippen molar-refractivity contribution in [3.63, 3.8) is 0 Å². The van der Waals surface area contributed by atoms with E-state index in [1.165, 1.54) is 12.1 Å². The van der Waals surface area contributed by atoms with Crippen LogP contribution in [0.4, 0.5) is 13.2 Å². The van der Waals surface area contributed by atoms with Crippen molar-refractivity contribution in [3.05, 3.63) is 71.6 Å². The van der Waals surface area contributed by atoms with Crippen molar-refractivity contribution in [1.82, 2.24) is 15.1 Å². The molecule has 3 rings (SSSR count). The van der Waals surface area contributed by atoms with Gasteiger partial charge >= 0.3 is 6.18 Å². The van der Waals surface area contributed by atoms with Crippen LogP contribution in [0.2, 0.25) is 0 Å². The first-order chi connectivity index (χ1) is 12.3. The lowest BCUT2D eigenvalue weighted by Crippen LogP contribution is -2.22. The zero-order valence-corrected chi connectivity index (χ0v) is 14.4. The van der Waals surface area contributed by atoms with Crippen molar-refractivity contribution in [3.8, 4) is 11.5 Å². The Balaban J connectivity index is 1.68. The molecule has 0 radical (unpaired) electrons. The summed E-state index contributed by atoms with van der Waals surface area (Å²) in [6.07, 6.45) is -4.32. The van der Waals surface area contributed by atoms with Gasteiger partial charge in [0.05, 0.1) is 11.6 Å². The Labute approximate surface area is 149 Å². The molecule has 0 fully saturated rings. The first-order valence-electron chi connectivity index (χ1n) is 8.10. The van der Waals surface area contributed by atoms with E-state index in [4.69, 9.17) is 4.42 Å². The van der Waals surface area contributed by atoms with E-state index in [2.05, 4.69) is 10.2 Å². The minimum atomic E-state index is -4.32. The second-order valence-corrected chi connectivity index (χ2v) is 6.10. The fourth-order valence-electron chi connectivity index (χ4n) is 2.51. The Morgan fingerprint density at radius 3 is 2.27 bits per heavy atom. The van der Waals surface area contributed by atoms with Gasteiger partial charge in [-0.3, -0.25) is 4.90 Å². The Morgan fingerprint density at radius 1 is 1.00 bits per heavy atom. The van der Waals surface area contributed by atoms with E-state index in [9.17, 15) is 13.2 Å². The van der Waals surface area contributed by atoms with Gasteiger partial charge in [-0.05, 0) is 43.8 Å². The maximum Gasteiger partial charge on any atom is 0.416 e. The van der Waals surface area contributed by atoms with Gasteiger partial charge in [0.25, 0.3) is 0 Å². The number of nitrogens with zero attached hydrogens (tertiary/aromatic N) is 3. The maximum atomic E-state index is 12.6. The average molecular weight is 361 g/mol. The fourth-order valence-corrected chi connectivity index (χ4v) is 2.51. The first kappa shape index (κ1) is 18.1. The molecule has 136 valence electrons. The molecule has 0 unspecified atom stereocenters. The van der Waals surface area contributed by atoms with Gasteiger partial charge < -0.3 is 4.42 Å². The number of hydrogen-bond donors (Lipinski definition) is 0. The smallest absolute Gasteiger partial charge is 0.416 e. The third kappa shape index (κ3) is 4.11. The van der Waals surface area contributed by atoms with Crippen molar-refractivity contribution in [2.45, 2.75) is 25.7 Å². The highest BCUT2D eigenvalue weighted by Crippen LogP contribution is 2.30. The molecule has 2 aromatic carbocycles. The summed E-state index contributed by atoms with van der Waals surface area (Å²) in [5.41, 5.74) is 0.959. The number of aromatic nitrogens is 2. The highest BCUT2D eigenvalue weighted by atomic mass is 19.4. The van der Waals surface area contributed by atoms with E-state index < -0.39 is 11.7 Å². The third-order valence-corrected chi connectivity index (χ3v) is 4.19. The quantitative estimate of drug-likeness (QED) is 0.645. The van der Waals surface area contributed by atoms with Gasteiger partial charge in [0, 0.05) is 12.1 Å². The van der Waals surface area contributed by atoms with Crippen LogP contribution in [0.5, 0.6) is 0 Å². The summed E-state index contributed by atoms with van der Waals surface area (Å²) >= 11 is 0. The predicted molar refractivity (Wildman–Crippen MR) is 91.1 cm³/mol. The summed E-state index contributed by atoms with van der Waals surface area (Å²) in [5.74, 6) is 0.897. The molecule has 0 aliphatic carbocycles. The molecule has 0 saturated carbocycles. The molecule has 1 heterocycles. The summed E-state index contributed by atoms with van der Waals surface area (Å²) in [6, 6.07) is 14.4. The van der Waals surface area contributed by atoms with Crippen LogP contribution < -0.4 is 0 Å². The van der Waals surface area contributed by atoms with Crippen LogP contribution in [-0.2, 0) is 12.7 Å². The van der Waals surface area contributed by atoms with Crippen LogP contribution in [0.25, 0.3) is 11.5 Å². The molecule has 1 aromatic heterocycles. The van der Waals surface area contributed by atoms with E-state index in [-0.39, 0.29) is 6.04 Å². The van der Waals surface area contributed by atoms with Crippen LogP contribution in [-0.4, -0.2) is 22.1 Å². The topological polar surface area (TPSA) is 42.2 Å². The normalized spacial score (nSPS) is 13.2. The Morgan fingerprint density at radius 2 is 1.65 bits per heavy atom. The SMILES string of the molecule is C[C@H](c1nnc(-c2ccccc2)o1)N(C)Cc1ccc(C(F)(F)F)cc1. The van der Waals surface area contributed by atoms with Gasteiger partial charge in [-0.1, -0.05) is 30.3 Å². The molecule has 7 heteroatoms. The number of rotatable bonds is 5. The Kier molecular flexibility index (Phi) is 5.08. The zero-order valence-electron chi connectivity index (χ0n) is 14.4. The van der Waals surface area contributed by atoms with Crippen LogP contribution in [0.1, 0.15) is 30.0 Å². The summed E-state index contributed by atoms with van der Waals surface area (Å²) < 4.78 is 43.6. The van der Waals surface area contributed by atoms with Crippen molar-refractivity contribution in [2.75, 3.05) is 7.05 Å². The predicted octanol–water partition coefficient (Wildman–Crippen LogP) is 4.95. The molecule has 0 saturated heterocycles. The molecule has 3 aromatic rings. The molecular weight excluding hydrogens is 343 g/mol. The van der Waals surface area contributed by atoms with Crippen molar-refractivity contribution in [1.29, 1.82) is 0 Å². The van der Waals surface area contributed by atoms with Crippen LogP contribution >= 0.6 is 0 Å². The largest absolute Gasteiger partial charge is 0.419 e. The molecule has 0 spiro atoms. The standard InChI is InChI=1S/C19H18F3N3O/c1-13(17-23-24-18(26-17)15-6-4-3-5-7-15)25(2)12-14-8-10-16(11-9-14)19(20,21)22/h3-11,13H,12H2,1-2H3/t13-/m1/s1. The molecule has 26 heavy (non-hydrogen) atoms. The van der Waals surface area contributed by atoms with Gasteiger partial charge in [0.15, 0.2) is 0 Å². The Hall–Kier alpha value is -2.67. The molecular formula is C19H18F3N3O. The number of halogens is 3. The summed E-state index contributed by atoms with van der Waals surface area (Å²) in [7, 11) is 1.86. The molecule has 0 aliphatic rings. The van der Waals surface area contributed by atoms with Gasteiger partial charge in [0.1, 0.15) is 0 Å². The van der Waals surface area contributed by atoms with E-state index in [1.54, 1.807) is 0 Å². The molecule has 0 N–H and O–H groups in total. The van der Waals surface area contributed by atoms with Gasteiger partial charge in [-0.15, -0.1) is 10.2 Å². The molecule has 0 bridgehead atoms. The van der Waals surface area contributed by atoms with Gasteiger partial charge in [0.2, 0.25) is 11.8 Å². The van der Waals surface area contributed by atoms with Gasteiger partial charge in [-0.25, -0.2) is 0 Å². The average Bonchev–Trinajstić information content (AvgIpc) is 3.11. The number of benzene rings is 2. The maximum absolute atomic E-state index is 12.6. The third-order valence-electron chi connectivity index (χ3n) is 4.19. The second kappa shape index (κ2) is 7.29. The van der Waals surface area contributed by atoms with E-state index in [0.717, 1.165) is 23.3 Å². The van der Waals surface area contributed by atoms with E-state index >= 15 is 0 Å². The first-order valence-corrected chi connectivity index (χ1v) is 8.10. The molecule has 0 amide bonds. The van der Waals surface area contributed by atoms with Crippen LogP contribution in [0.15, 0.2) is 59.0 Å². The highest BCUT2D eigenvalue weighted by molar-refractivity contribution is 5.51. The number of hydrogen-bond acceptors (Lipinski definition) is 4. The highest BCUT2D eigenvalue weighted by Gasteiger charge is 2.30. The van der Waals surface area contributed by atoms with Crippen molar-refractivity contribution < 1.29 is 17.6 Å². The minimum absolute atomic E-state index is 0.178. The molecule has 4 nitrogen and oxygen atoms in total. The summed E-state index contributed by atoms with van der Waals surface area (Å²) in [4.78, 5) is 1.94. The van der Waals surface area contributed by atoms with Crippen molar-refractivity contribution >= 4 is 0 Å². The van der Waals surface area contributed by atoms with E-state index in [0.29, 0.717) is 18.3 Å². The fraction of sp³-hybridized carbons (Fsp3) is 0.263. The lowest BCUT2D eigenvalue weighted by Gasteiger charge is -2.22. The van der Waals surface area contributed by atoms with E-state index in [1.807, 2.05) is 49.2 Å². The lowest BCUT2D eigenvalue weighted by atomic mass is 10.1. The van der Waals surface area contributed by atoms with Crippen LogP contribution in [0.3, 0.4) is 0 Å². The van der Waals surface area contributed by atoms with Crippen molar-refractivity contribution in [2.24, 2.45) is 0 Å². The summed E-state index contributed by atoms with van der Waals surface area (Å²) in [5, 5.41) is 8.16. The number of alkyl halides is 3. The molecule has 0 aliphatic heterocycles.